The Morgan fingerprint density at radius 3 is 2.52 bits per heavy atom. The number of carbonyl (C=O) groups excluding carboxylic acids is 2. The zero-order chi connectivity index (χ0) is 16.8. The molecule has 0 unspecified atom stereocenters. The summed E-state index contributed by atoms with van der Waals surface area (Å²) in [6.45, 7) is 1.50. The second-order valence-electron chi connectivity index (χ2n) is 4.77. The van der Waals surface area contributed by atoms with E-state index in [0.717, 1.165) is 12.1 Å². The number of ether oxygens (including phenoxy) is 2. The van der Waals surface area contributed by atoms with Gasteiger partial charge in [0.15, 0.2) is 5.78 Å². The molecule has 0 aliphatic heterocycles. The number of esters is 1. The highest BCUT2D eigenvalue weighted by molar-refractivity contribution is 5.96. The Bertz CT molecular complexity index is 730. The summed E-state index contributed by atoms with van der Waals surface area (Å²) < 4.78 is 23.4. The third-order valence-corrected chi connectivity index (χ3v) is 3.07. The predicted molar refractivity (Wildman–Crippen MR) is 83.0 cm³/mol. The van der Waals surface area contributed by atoms with Crippen molar-refractivity contribution < 1.29 is 23.5 Å². The molecule has 0 aliphatic rings. The van der Waals surface area contributed by atoms with Crippen LogP contribution < -0.4 is 10.5 Å². The van der Waals surface area contributed by atoms with Crippen molar-refractivity contribution >= 4 is 17.4 Å². The molecule has 0 atom stereocenters. The van der Waals surface area contributed by atoms with Gasteiger partial charge in [0, 0.05) is 5.69 Å². The van der Waals surface area contributed by atoms with Crippen molar-refractivity contribution in [3.63, 3.8) is 0 Å². The molecule has 23 heavy (non-hydrogen) atoms. The van der Waals surface area contributed by atoms with Gasteiger partial charge >= 0.3 is 5.97 Å². The number of para-hydroxylation sites is 1. The lowest BCUT2D eigenvalue weighted by Crippen LogP contribution is -2.14. The number of hydrogen-bond acceptors (Lipinski definition) is 5. The Morgan fingerprint density at radius 2 is 1.83 bits per heavy atom. The van der Waals surface area contributed by atoms with Crippen molar-refractivity contribution in [2.24, 2.45) is 0 Å². The van der Waals surface area contributed by atoms with Gasteiger partial charge in [-0.15, -0.1) is 0 Å². The number of halogens is 1. The molecule has 2 aromatic rings. The Morgan fingerprint density at radius 1 is 1.09 bits per heavy atom. The Labute approximate surface area is 132 Å². The third kappa shape index (κ3) is 4.29. The molecular formula is C17H16FNO4. The van der Waals surface area contributed by atoms with E-state index in [2.05, 4.69) is 0 Å². The van der Waals surface area contributed by atoms with E-state index in [1.807, 2.05) is 0 Å². The Kier molecular flexibility index (Phi) is 5.30. The van der Waals surface area contributed by atoms with Gasteiger partial charge in [0.25, 0.3) is 0 Å². The van der Waals surface area contributed by atoms with Crippen LogP contribution in [0.4, 0.5) is 10.1 Å². The van der Waals surface area contributed by atoms with Crippen LogP contribution in [0.25, 0.3) is 0 Å². The van der Waals surface area contributed by atoms with Crippen LogP contribution in [0, 0.1) is 5.82 Å². The molecule has 0 bridgehead atoms. The van der Waals surface area contributed by atoms with Gasteiger partial charge in [-0.2, -0.15) is 0 Å². The lowest BCUT2D eigenvalue weighted by molar-refractivity contribution is 0.0450. The molecule has 0 heterocycles. The number of benzene rings is 2. The van der Waals surface area contributed by atoms with Gasteiger partial charge in [-0.1, -0.05) is 12.1 Å². The fraction of sp³-hybridized carbons (Fsp3) is 0.176. The smallest absolute Gasteiger partial charge is 0.340 e. The highest BCUT2D eigenvalue weighted by Gasteiger charge is 2.12. The molecule has 0 radical (unpaired) electrons. The molecule has 2 rings (SSSR count). The molecule has 0 amide bonds. The summed E-state index contributed by atoms with van der Waals surface area (Å²) in [5, 5.41) is 0. The maximum absolute atomic E-state index is 12.9. The zero-order valence-corrected chi connectivity index (χ0v) is 12.5. The van der Waals surface area contributed by atoms with Crippen molar-refractivity contribution in [1.82, 2.24) is 0 Å². The number of anilines is 1. The Balaban J connectivity index is 1.88. The van der Waals surface area contributed by atoms with Crippen LogP contribution in [0.3, 0.4) is 0 Å². The number of nitrogens with two attached hydrogens (primary N) is 1. The molecule has 0 aromatic heterocycles. The van der Waals surface area contributed by atoms with Crippen LogP contribution in [0.1, 0.15) is 27.6 Å². The average molecular weight is 317 g/mol. The van der Waals surface area contributed by atoms with Crippen molar-refractivity contribution in [3.05, 3.63) is 59.4 Å². The summed E-state index contributed by atoms with van der Waals surface area (Å²) in [7, 11) is 0. The number of nitrogen functional groups attached to an aromatic ring is 1. The second kappa shape index (κ2) is 7.40. The minimum atomic E-state index is -0.661. The lowest BCUT2D eigenvalue weighted by Gasteiger charge is -2.10. The average Bonchev–Trinajstić information content (AvgIpc) is 2.51. The minimum absolute atomic E-state index is 0.0119. The minimum Gasteiger partial charge on any atom is -0.489 e. The van der Waals surface area contributed by atoms with E-state index in [9.17, 15) is 14.0 Å². The van der Waals surface area contributed by atoms with E-state index in [0.29, 0.717) is 11.3 Å². The van der Waals surface area contributed by atoms with Crippen molar-refractivity contribution in [2.45, 2.75) is 6.92 Å². The maximum atomic E-state index is 12.9. The topological polar surface area (TPSA) is 78.6 Å². The zero-order valence-electron chi connectivity index (χ0n) is 12.5. The van der Waals surface area contributed by atoms with Crippen LogP contribution in [0.5, 0.6) is 5.75 Å². The monoisotopic (exact) mass is 317 g/mol. The molecule has 0 saturated carbocycles. The van der Waals surface area contributed by atoms with E-state index in [1.165, 1.54) is 13.0 Å². The maximum Gasteiger partial charge on any atom is 0.340 e. The molecular weight excluding hydrogens is 301 g/mol. The molecule has 0 aliphatic carbocycles. The standard InChI is InChI=1S/C17H16FNO4/c1-11(20)13-4-2-3-5-16(13)22-8-9-23-17(21)14-7-6-12(18)10-15(14)19/h2-7,10H,8-9,19H2,1H3. The summed E-state index contributed by atoms with van der Waals surface area (Å²) >= 11 is 0. The first-order valence-electron chi connectivity index (χ1n) is 6.94. The fourth-order valence-corrected chi connectivity index (χ4v) is 1.97. The summed E-state index contributed by atoms with van der Waals surface area (Å²) in [5.41, 5.74) is 6.13. The molecule has 5 nitrogen and oxygen atoms in total. The molecule has 0 spiro atoms. The van der Waals surface area contributed by atoms with Crippen molar-refractivity contribution in [2.75, 3.05) is 18.9 Å². The van der Waals surface area contributed by atoms with Crippen molar-refractivity contribution in [3.8, 4) is 5.75 Å². The first kappa shape index (κ1) is 16.5. The molecule has 120 valence electrons. The molecule has 2 N–H and O–H groups in total. The van der Waals surface area contributed by atoms with E-state index in [4.69, 9.17) is 15.2 Å². The number of ketones is 1. The van der Waals surface area contributed by atoms with E-state index in [1.54, 1.807) is 24.3 Å². The van der Waals surface area contributed by atoms with Gasteiger partial charge in [0.05, 0.1) is 11.1 Å². The van der Waals surface area contributed by atoms with E-state index < -0.39 is 11.8 Å². The quantitative estimate of drug-likeness (QED) is 0.383. The van der Waals surface area contributed by atoms with E-state index in [-0.39, 0.29) is 30.2 Å². The summed E-state index contributed by atoms with van der Waals surface area (Å²) in [4.78, 5) is 23.3. The van der Waals surface area contributed by atoms with Gasteiger partial charge in [0.2, 0.25) is 0 Å². The fourth-order valence-electron chi connectivity index (χ4n) is 1.97. The predicted octanol–water partition coefficient (Wildman–Crippen LogP) is 2.85. The third-order valence-electron chi connectivity index (χ3n) is 3.07. The molecule has 0 saturated heterocycles. The second-order valence-corrected chi connectivity index (χ2v) is 4.77. The van der Waals surface area contributed by atoms with E-state index >= 15 is 0 Å². The Hall–Kier alpha value is -2.89. The van der Waals surface area contributed by atoms with Crippen LogP contribution in [0.15, 0.2) is 42.5 Å². The number of hydrogen-bond donors (Lipinski definition) is 1. The summed E-state index contributed by atoms with van der Waals surface area (Å²) in [6.07, 6.45) is 0. The normalized spacial score (nSPS) is 10.2. The molecule has 6 heteroatoms. The SMILES string of the molecule is CC(=O)c1ccccc1OCCOC(=O)c1ccc(F)cc1N. The van der Waals surface area contributed by atoms with Crippen molar-refractivity contribution in [1.29, 1.82) is 0 Å². The number of rotatable bonds is 6. The van der Waals surface area contributed by atoms with Crippen LogP contribution >= 0.6 is 0 Å². The van der Waals surface area contributed by atoms with Crippen LogP contribution in [0.2, 0.25) is 0 Å². The first-order valence-corrected chi connectivity index (χ1v) is 6.94. The first-order chi connectivity index (χ1) is 11.0. The summed E-state index contributed by atoms with van der Waals surface area (Å²) in [5.74, 6) is -0.872. The largest absolute Gasteiger partial charge is 0.489 e. The molecule has 2 aromatic carbocycles. The van der Waals surface area contributed by atoms with Gasteiger partial charge in [0.1, 0.15) is 24.8 Å². The number of carbonyl (C=O) groups is 2. The lowest BCUT2D eigenvalue weighted by atomic mass is 10.1. The van der Waals surface area contributed by atoms with Gasteiger partial charge in [-0.05, 0) is 37.3 Å². The highest BCUT2D eigenvalue weighted by atomic mass is 19.1. The van der Waals surface area contributed by atoms with Crippen LogP contribution in [-0.4, -0.2) is 25.0 Å². The highest BCUT2D eigenvalue weighted by Crippen LogP contribution is 2.18. The van der Waals surface area contributed by atoms with Crippen LogP contribution in [-0.2, 0) is 4.74 Å². The van der Waals surface area contributed by atoms with Gasteiger partial charge < -0.3 is 15.2 Å². The van der Waals surface area contributed by atoms with Gasteiger partial charge in [-0.3, -0.25) is 4.79 Å². The number of Topliss-reactive ketones (excluding diaryl/α,β-unsaturated/α-hetero) is 1. The summed E-state index contributed by atoms with van der Waals surface area (Å²) in [6, 6.07) is 10.2. The molecule has 0 fully saturated rings. The van der Waals surface area contributed by atoms with Gasteiger partial charge in [-0.25, -0.2) is 9.18 Å².